The van der Waals surface area contributed by atoms with E-state index >= 15 is 0 Å². The zero-order valence-electron chi connectivity index (χ0n) is 15.2. The molecule has 2 aromatic rings. The Kier molecular flexibility index (Phi) is 5.54. The predicted octanol–water partition coefficient (Wildman–Crippen LogP) is 4.32. The Morgan fingerprint density at radius 2 is 1.72 bits per heavy atom. The number of esters is 1. The summed E-state index contributed by atoms with van der Waals surface area (Å²) < 4.78 is 5.57. The average molecular weight is 337 g/mol. The molecule has 1 fully saturated rings. The molecule has 0 spiro atoms. The molecule has 0 saturated carbocycles. The molecular weight excluding hydrogens is 310 g/mol. The molecule has 1 heterocycles. The van der Waals surface area contributed by atoms with Crippen LogP contribution in [-0.4, -0.2) is 30.6 Å². The van der Waals surface area contributed by atoms with E-state index in [0.717, 1.165) is 32.5 Å². The van der Waals surface area contributed by atoms with Gasteiger partial charge in [-0.3, -0.25) is 4.90 Å². The van der Waals surface area contributed by atoms with E-state index in [-0.39, 0.29) is 11.4 Å². The second-order valence-electron chi connectivity index (χ2n) is 7.46. The molecule has 0 amide bonds. The zero-order valence-corrected chi connectivity index (χ0v) is 15.2. The Morgan fingerprint density at radius 3 is 2.36 bits per heavy atom. The number of hydrogen-bond acceptors (Lipinski definition) is 3. The molecule has 25 heavy (non-hydrogen) atoms. The first-order valence-electron chi connectivity index (χ1n) is 9.10. The van der Waals surface area contributed by atoms with Crippen molar-refractivity contribution < 1.29 is 9.53 Å². The Labute approximate surface area is 150 Å². The van der Waals surface area contributed by atoms with Crippen LogP contribution in [0.3, 0.4) is 0 Å². The smallest absolute Gasteiger partial charge is 0.338 e. The number of hydrogen-bond donors (Lipinski definition) is 0. The molecule has 3 heteroatoms. The van der Waals surface area contributed by atoms with Crippen LogP contribution < -0.4 is 0 Å². The van der Waals surface area contributed by atoms with E-state index in [2.05, 4.69) is 43.0 Å². The first-order chi connectivity index (χ1) is 12.1. The second-order valence-corrected chi connectivity index (χ2v) is 7.46. The van der Waals surface area contributed by atoms with Gasteiger partial charge in [0.25, 0.3) is 0 Å². The summed E-state index contributed by atoms with van der Waals surface area (Å²) >= 11 is 0. The summed E-state index contributed by atoms with van der Waals surface area (Å²) in [4.78, 5) is 14.6. The number of carbonyl (C=O) groups excluding carboxylic acids is 1. The fraction of sp³-hybridized carbons (Fsp3) is 0.409. The third-order valence-electron chi connectivity index (χ3n) is 4.74. The third-order valence-corrected chi connectivity index (χ3v) is 4.74. The Morgan fingerprint density at radius 1 is 1.04 bits per heavy atom. The lowest BCUT2D eigenvalue weighted by Crippen LogP contribution is -2.56. The number of benzene rings is 2. The van der Waals surface area contributed by atoms with Crippen molar-refractivity contribution in [2.45, 2.75) is 33.2 Å². The van der Waals surface area contributed by atoms with Crippen molar-refractivity contribution in [1.82, 2.24) is 4.90 Å². The lowest BCUT2D eigenvalue weighted by atomic mass is 9.82. The summed E-state index contributed by atoms with van der Waals surface area (Å²) in [7, 11) is 0. The minimum Gasteiger partial charge on any atom is -0.461 e. The Hall–Kier alpha value is -2.13. The van der Waals surface area contributed by atoms with Gasteiger partial charge in [-0.2, -0.15) is 0 Å². The van der Waals surface area contributed by atoms with Crippen molar-refractivity contribution >= 4 is 5.97 Å². The van der Waals surface area contributed by atoms with Gasteiger partial charge in [-0.1, -0.05) is 62.7 Å². The molecule has 0 bridgehead atoms. The van der Waals surface area contributed by atoms with Gasteiger partial charge in [-0.15, -0.1) is 0 Å². The first kappa shape index (κ1) is 17.7. The Bertz CT molecular complexity index is 688. The summed E-state index contributed by atoms with van der Waals surface area (Å²) in [5.74, 6) is -0.217. The lowest BCUT2D eigenvalue weighted by Gasteiger charge is -2.47. The van der Waals surface area contributed by atoms with Crippen LogP contribution in [0.5, 0.6) is 0 Å². The van der Waals surface area contributed by atoms with Crippen LogP contribution in [0.25, 0.3) is 0 Å². The molecule has 0 unspecified atom stereocenters. The van der Waals surface area contributed by atoms with Crippen LogP contribution in [0.2, 0.25) is 0 Å². The molecule has 0 atom stereocenters. The molecule has 0 aliphatic carbocycles. The van der Waals surface area contributed by atoms with Gasteiger partial charge in [0.2, 0.25) is 0 Å². The largest absolute Gasteiger partial charge is 0.461 e. The van der Waals surface area contributed by atoms with Gasteiger partial charge in [0.05, 0.1) is 12.2 Å². The van der Waals surface area contributed by atoms with Gasteiger partial charge in [-0.25, -0.2) is 4.79 Å². The van der Waals surface area contributed by atoms with Crippen LogP contribution in [0, 0.1) is 5.41 Å². The maximum Gasteiger partial charge on any atom is 0.338 e. The van der Waals surface area contributed by atoms with Gasteiger partial charge in [0.15, 0.2) is 0 Å². The molecule has 0 aromatic heterocycles. The molecule has 0 N–H and O–H groups in total. The van der Waals surface area contributed by atoms with Crippen molar-refractivity contribution in [3.8, 4) is 0 Å². The minimum absolute atomic E-state index is 0.0621. The van der Waals surface area contributed by atoms with Crippen molar-refractivity contribution in [2.24, 2.45) is 5.41 Å². The van der Waals surface area contributed by atoms with Crippen molar-refractivity contribution in [2.75, 3.05) is 19.7 Å². The van der Waals surface area contributed by atoms with Gasteiger partial charge >= 0.3 is 5.97 Å². The molecule has 1 aliphatic rings. The van der Waals surface area contributed by atoms with Crippen LogP contribution in [-0.2, 0) is 17.7 Å². The number of carbonyl (C=O) groups is 1. The molecule has 0 radical (unpaired) electrons. The first-order valence-corrected chi connectivity index (χ1v) is 9.10. The molecule has 2 aromatic carbocycles. The molecule has 3 rings (SSSR count). The SMILES string of the molecule is CCCc1ccc(C(=O)OCC2(C)CN(Cc3ccccc3)C2)cc1. The number of likely N-dealkylation sites (tertiary alicyclic amines) is 1. The molecule has 1 aliphatic heterocycles. The maximum atomic E-state index is 12.2. The average Bonchev–Trinajstić information content (AvgIpc) is 2.60. The van der Waals surface area contributed by atoms with Gasteiger partial charge < -0.3 is 4.74 Å². The summed E-state index contributed by atoms with van der Waals surface area (Å²) in [5.41, 5.74) is 3.30. The second kappa shape index (κ2) is 7.83. The predicted molar refractivity (Wildman–Crippen MR) is 101 cm³/mol. The topological polar surface area (TPSA) is 29.5 Å². The standard InChI is InChI=1S/C22H27NO2/c1-3-7-18-10-12-20(13-11-18)21(24)25-17-22(2)15-23(16-22)14-19-8-5-4-6-9-19/h4-6,8-13H,3,7,14-17H2,1-2H3. The fourth-order valence-corrected chi connectivity index (χ4v) is 3.50. The van der Waals surface area contributed by atoms with Crippen LogP contribution in [0.1, 0.15) is 41.8 Å². The highest BCUT2D eigenvalue weighted by Crippen LogP contribution is 2.31. The minimum atomic E-state index is -0.217. The molecule has 1 saturated heterocycles. The van der Waals surface area contributed by atoms with Crippen molar-refractivity contribution in [3.05, 3.63) is 71.3 Å². The third kappa shape index (κ3) is 4.70. The zero-order chi connectivity index (χ0) is 17.7. The van der Waals surface area contributed by atoms with Crippen LogP contribution >= 0.6 is 0 Å². The number of rotatable bonds is 7. The Balaban J connectivity index is 1.44. The maximum absolute atomic E-state index is 12.2. The monoisotopic (exact) mass is 337 g/mol. The molecule has 3 nitrogen and oxygen atoms in total. The van der Waals surface area contributed by atoms with E-state index in [9.17, 15) is 4.79 Å². The summed E-state index contributed by atoms with van der Waals surface area (Å²) in [5, 5.41) is 0. The van der Waals surface area contributed by atoms with Crippen LogP contribution in [0.4, 0.5) is 0 Å². The summed E-state index contributed by atoms with van der Waals surface area (Å²) in [6.07, 6.45) is 2.16. The van der Waals surface area contributed by atoms with E-state index in [1.807, 2.05) is 30.3 Å². The van der Waals surface area contributed by atoms with Gasteiger partial charge in [-0.05, 0) is 29.7 Å². The van der Waals surface area contributed by atoms with E-state index in [1.165, 1.54) is 11.1 Å². The number of nitrogens with zero attached hydrogens (tertiary/aromatic N) is 1. The van der Waals surface area contributed by atoms with Crippen molar-refractivity contribution in [1.29, 1.82) is 0 Å². The molecular formula is C22H27NO2. The highest BCUT2D eigenvalue weighted by Gasteiger charge is 2.39. The van der Waals surface area contributed by atoms with Crippen LogP contribution in [0.15, 0.2) is 54.6 Å². The van der Waals surface area contributed by atoms with Crippen molar-refractivity contribution in [3.63, 3.8) is 0 Å². The van der Waals surface area contributed by atoms with E-state index in [1.54, 1.807) is 0 Å². The van der Waals surface area contributed by atoms with Gasteiger partial charge in [0.1, 0.15) is 0 Å². The number of aryl methyl sites for hydroxylation is 1. The summed E-state index contributed by atoms with van der Waals surface area (Å²) in [6, 6.07) is 18.3. The highest BCUT2D eigenvalue weighted by atomic mass is 16.5. The number of ether oxygens (including phenoxy) is 1. The lowest BCUT2D eigenvalue weighted by molar-refractivity contribution is -0.0441. The van der Waals surface area contributed by atoms with Gasteiger partial charge in [0, 0.05) is 25.0 Å². The van der Waals surface area contributed by atoms with E-state index < -0.39 is 0 Å². The summed E-state index contributed by atoms with van der Waals surface area (Å²) in [6.45, 7) is 7.71. The highest BCUT2D eigenvalue weighted by molar-refractivity contribution is 5.89. The quantitative estimate of drug-likeness (QED) is 0.705. The van der Waals surface area contributed by atoms with E-state index in [4.69, 9.17) is 4.74 Å². The molecule has 132 valence electrons. The normalized spacial score (nSPS) is 16.2. The fourth-order valence-electron chi connectivity index (χ4n) is 3.50. The van der Waals surface area contributed by atoms with E-state index in [0.29, 0.717) is 12.2 Å².